The molecule has 0 bridgehead atoms. The van der Waals surface area contributed by atoms with Crippen molar-refractivity contribution in [3.8, 4) is 11.5 Å². The van der Waals surface area contributed by atoms with Crippen LogP contribution in [0.1, 0.15) is 47.2 Å². The molecule has 10 nitrogen and oxygen atoms in total. The number of amidine groups is 1. The van der Waals surface area contributed by atoms with Crippen LogP contribution in [0.2, 0.25) is 4.34 Å². The average molecular weight is 526 g/mol. The van der Waals surface area contributed by atoms with Gasteiger partial charge in [-0.2, -0.15) is 0 Å². The molecule has 1 aliphatic carbocycles. The van der Waals surface area contributed by atoms with Crippen LogP contribution in [0.5, 0.6) is 0 Å². The largest absolute Gasteiger partial charge is 0.382 e. The van der Waals surface area contributed by atoms with Crippen molar-refractivity contribution in [3.63, 3.8) is 0 Å². The number of hydrogen-bond acceptors (Lipinski definition) is 7. The zero-order valence-electron chi connectivity index (χ0n) is 18.9. The van der Waals surface area contributed by atoms with Crippen LogP contribution in [0, 0.1) is 11.2 Å². The van der Waals surface area contributed by atoms with Gasteiger partial charge in [0, 0.05) is 18.3 Å². The molecule has 4 aromatic heterocycles. The number of pyridine rings is 2. The fraction of sp³-hybridized carbons (Fsp3) is 0.261. The van der Waals surface area contributed by atoms with Gasteiger partial charge in [-0.1, -0.05) is 22.9 Å². The van der Waals surface area contributed by atoms with Gasteiger partial charge in [-0.3, -0.25) is 15.2 Å². The Morgan fingerprint density at radius 1 is 1.33 bits per heavy atom. The standard InChI is InChI=1S/C23H21ClFN9OS/c24-18-10-30-23(36-18)22(35)32-12-3-1-4-13(7-12)34-17-8-15(20(27)31-11-26)29-9-16(17)33-21(34)19-14(25)5-2-6-28-19/h2,5-6,8-13H,1,3-4,7H2,(H,32,35)(H3,26,27,31). The van der Waals surface area contributed by atoms with Crippen molar-refractivity contribution in [1.29, 1.82) is 5.41 Å². The highest BCUT2D eigenvalue weighted by Gasteiger charge is 2.30. The summed E-state index contributed by atoms with van der Waals surface area (Å²) in [6, 6.07) is 4.37. The van der Waals surface area contributed by atoms with Crippen molar-refractivity contribution in [2.75, 3.05) is 0 Å². The van der Waals surface area contributed by atoms with E-state index < -0.39 is 5.82 Å². The number of nitrogens with one attached hydrogen (secondary N) is 2. The maximum atomic E-state index is 14.8. The fourth-order valence-electron chi connectivity index (χ4n) is 4.50. The van der Waals surface area contributed by atoms with Gasteiger partial charge in [0.1, 0.15) is 27.6 Å². The van der Waals surface area contributed by atoms with Crippen LogP contribution in [-0.2, 0) is 0 Å². The van der Waals surface area contributed by atoms with E-state index in [4.69, 9.17) is 22.7 Å². The number of carbonyl (C=O) groups is 1. The molecule has 4 N–H and O–H groups in total. The molecule has 2 atom stereocenters. The Bertz CT molecular complexity index is 1480. The SMILES string of the molecule is N=CN=C(N)c1cc2c(cn1)nc(-c1ncccc1F)n2C1CCCC(NC(=O)c2ncc(Cl)s2)C1. The molecule has 0 aliphatic heterocycles. The highest BCUT2D eigenvalue weighted by molar-refractivity contribution is 7.17. The van der Waals surface area contributed by atoms with Crippen LogP contribution >= 0.6 is 22.9 Å². The van der Waals surface area contributed by atoms with Gasteiger partial charge in [-0.05, 0) is 43.9 Å². The lowest BCUT2D eigenvalue weighted by Crippen LogP contribution is -2.39. The van der Waals surface area contributed by atoms with Gasteiger partial charge in [-0.25, -0.2) is 24.3 Å². The summed E-state index contributed by atoms with van der Waals surface area (Å²) in [6.45, 7) is 0. The lowest BCUT2D eigenvalue weighted by atomic mass is 9.90. The quantitative estimate of drug-likeness (QED) is 0.256. The van der Waals surface area contributed by atoms with E-state index in [-0.39, 0.29) is 29.5 Å². The number of imidazole rings is 1. The summed E-state index contributed by atoms with van der Waals surface area (Å²) in [5, 5.41) is 10.6. The Kier molecular flexibility index (Phi) is 6.70. The smallest absolute Gasteiger partial charge is 0.280 e. The third-order valence-electron chi connectivity index (χ3n) is 6.03. The highest BCUT2D eigenvalue weighted by Crippen LogP contribution is 2.36. The minimum absolute atomic E-state index is 0.0844. The molecule has 0 aromatic carbocycles. The van der Waals surface area contributed by atoms with Crippen LogP contribution in [0.3, 0.4) is 0 Å². The first-order valence-electron chi connectivity index (χ1n) is 11.2. The van der Waals surface area contributed by atoms with E-state index in [9.17, 15) is 9.18 Å². The molecule has 13 heteroatoms. The summed E-state index contributed by atoms with van der Waals surface area (Å²) in [6.07, 6.45) is 8.39. The Hall–Kier alpha value is -3.77. The van der Waals surface area contributed by atoms with Crippen molar-refractivity contribution < 1.29 is 9.18 Å². The van der Waals surface area contributed by atoms with Crippen LogP contribution in [-0.4, -0.2) is 48.6 Å². The normalized spacial score (nSPS) is 18.3. The molecule has 184 valence electrons. The van der Waals surface area contributed by atoms with E-state index in [1.807, 2.05) is 4.57 Å². The first kappa shape index (κ1) is 23.9. The molecule has 2 unspecified atom stereocenters. The van der Waals surface area contributed by atoms with Gasteiger partial charge in [-0.15, -0.1) is 0 Å². The molecule has 1 saturated carbocycles. The van der Waals surface area contributed by atoms with Crippen molar-refractivity contribution >= 4 is 52.1 Å². The van der Waals surface area contributed by atoms with Gasteiger partial charge in [0.2, 0.25) is 0 Å². The summed E-state index contributed by atoms with van der Waals surface area (Å²) in [7, 11) is 0. The second kappa shape index (κ2) is 10.1. The van der Waals surface area contributed by atoms with E-state index in [0.29, 0.717) is 38.3 Å². The van der Waals surface area contributed by atoms with Gasteiger partial charge < -0.3 is 15.6 Å². The second-order valence-electron chi connectivity index (χ2n) is 8.30. The lowest BCUT2D eigenvalue weighted by molar-refractivity contribution is 0.0920. The van der Waals surface area contributed by atoms with Crippen molar-refractivity contribution in [2.45, 2.75) is 37.8 Å². The number of nitrogens with two attached hydrogens (primary N) is 1. The van der Waals surface area contributed by atoms with Gasteiger partial charge >= 0.3 is 0 Å². The predicted molar refractivity (Wildman–Crippen MR) is 136 cm³/mol. The maximum Gasteiger partial charge on any atom is 0.280 e. The third kappa shape index (κ3) is 4.69. The maximum absolute atomic E-state index is 14.8. The third-order valence-corrected chi connectivity index (χ3v) is 7.14. The highest BCUT2D eigenvalue weighted by atomic mass is 35.5. The number of nitrogens with zero attached hydrogens (tertiary/aromatic N) is 6. The number of aromatic nitrogens is 5. The first-order chi connectivity index (χ1) is 17.4. The molecule has 0 saturated heterocycles. The van der Waals surface area contributed by atoms with Crippen molar-refractivity contribution in [2.24, 2.45) is 10.7 Å². The second-order valence-corrected chi connectivity index (χ2v) is 9.96. The van der Waals surface area contributed by atoms with Crippen LogP contribution < -0.4 is 11.1 Å². The Morgan fingerprint density at radius 3 is 2.94 bits per heavy atom. The number of fused-ring (bicyclic) bond motifs is 1. The Labute approximate surface area is 214 Å². The zero-order valence-corrected chi connectivity index (χ0v) is 20.4. The molecule has 0 radical (unpaired) electrons. The molecule has 5 rings (SSSR count). The number of thiazole rings is 1. The first-order valence-corrected chi connectivity index (χ1v) is 12.4. The number of aliphatic imine (C=N–C) groups is 1. The fourth-order valence-corrected chi connectivity index (χ4v) is 5.31. The van der Waals surface area contributed by atoms with Crippen molar-refractivity contribution in [1.82, 2.24) is 29.8 Å². The van der Waals surface area contributed by atoms with Crippen LogP contribution in [0.4, 0.5) is 4.39 Å². The summed E-state index contributed by atoms with van der Waals surface area (Å²) in [5.74, 6) is -0.311. The molecule has 4 heterocycles. The lowest BCUT2D eigenvalue weighted by Gasteiger charge is -2.31. The molecule has 36 heavy (non-hydrogen) atoms. The van der Waals surface area contributed by atoms with Gasteiger partial charge in [0.05, 0.1) is 17.9 Å². The summed E-state index contributed by atoms with van der Waals surface area (Å²) in [5.41, 5.74) is 7.71. The van der Waals surface area contributed by atoms with Gasteiger partial charge in [0.15, 0.2) is 22.5 Å². The molecular weight excluding hydrogens is 505 g/mol. The minimum Gasteiger partial charge on any atom is -0.382 e. The van der Waals surface area contributed by atoms with Crippen molar-refractivity contribution in [3.05, 3.63) is 57.6 Å². The number of carbonyl (C=O) groups excluding carboxylic acids is 1. The summed E-state index contributed by atoms with van der Waals surface area (Å²) in [4.78, 5) is 33.8. The number of rotatable bonds is 6. The molecule has 0 spiro atoms. The van der Waals surface area contributed by atoms with E-state index in [2.05, 4.69) is 30.2 Å². The molecule has 4 aromatic rings. The Balaban J connectivity index is 1.55. The minimum atomic E-state index is -0.492. The van der Waals surface area contributed by atoms with Crippen LogP contribution in [0.15, 0.2) is 41.8 Å². The summed E-state index contributed by atoms with van der Waals surface area (Å²) >= 11 is 7.06. The van der Waals surface area contributed by atoms with Gasteiger partial charge in [0.25, 0.3) is 5.91 Å². The number of halogens is 2. The average Bonchev–Trinajstić information content (AvgIpc) is 3.48. The number of amides is 1. The Morgan fingerprint density at radius 2 is 2.19 bits per heavy atom. The monoisotopic (exact) mass is 525 g/mol. The molecule has 1 aliphatic rings. The molecule has 1 fully saturated rings. The number of hydrogen-bond donors (Lipinski definition) is 3. The zero-order chi connectivity index (χ0) is 25.2. The summed E-state index contributed by atoms with van der Waals surface area (Å²) < 4.78 is 17.2. The molecule has 1 amide bonds. The van der Waals surface area contributed by atoms with E-state index in [1.165, 1.54) is 24.5 Å². The van der Waals surface area contributed by atoms with Crippen LogP contribution in [0.25, 0.3) is 22.6 Å². The molecular formula is C23H21ClFN9OS. The van der Waals surface area contributed by atoms with E-state index in [1.54, 1.807) is 12.3 Å². The predicted octanol–water partition coefficient (Wildman–Crippen LogP) is 3.97. The topological polar surface area (TPSA) is 148 Å². The van der Waals surface area contributed by atoms with E-state index in [0.717, 1.165) is 36.9 Å². The van der Waals surface area contributed by atoms with E-state index >= 15 is 0 Å².